The van der Waals surface area contributed by atoms with Gasteiger partial charge in [0.1, 0.15) is 0 Å². The van der Waals surface area contributed by atoms with Gasteiger partial charge in [-0.25, -0.2) is 5.48 Å². The third-order valence-electron chi connectivity index (χ3n) is 3.39. The van der Waals surface area contributed by atoms with E-state index in [-0.39, 0.29) is 0 Å². The Hall–Kier alpha value is -0.0800. The third-order valence-corrected chi connectivity index (χ3v) is 3.39. The van der Waals surface area contributed by atoms with Gasteiger partial charge in [0.15, 0.2) is 0 Å². The summed E-state index contributed by atoms with van der Waals surface area (Å²) in [5.41, 5.74) is 2.26. The molecule has 0 fully saturated rings. The Morgan fingerprint density at radius 2 is 1.50 bits per heavy atom. The molecular weight excluding hydrogens is 198 g/mol. The maximum Gasteiger partial charge on any atom is 0.0233 e. The summed E-state index contributed by atoms with van der Waals surface area (Å²) >= 11 is 0. The lowest BCUT2D eigenvalue weighted by molar-refractivity contribution is 0.148. The molecule has 0 aliphatic carbocycles. The van der Waals surface area contributed by atoms with Crippen LogP contribution in [0, 0.1) is 11.8 Å². The Labute approximate surface area is 102 Å². The normalized spacial score (nSPS) is 15.0. The van der Waals surface area contributed by atoms with Crippen molar-refractivity contribution >= 4 is 0 Å². The van der Waals surface area contributed by atoms with Crippen LogP contribution in [0.2, 0.25) is 0 Å². The molecule has 98 valence electrons. The standard InChI is InChI=1S/C14H31NO/c1-4-5-6-7-8-9-13(2)10-11-14(3)12-15-16/h13-16H,4-12H2,1-3H3. The van der Waals surface area contributed by atoms with Gasteiger partial charge in [-0.1, -0.05) is 65.7 Å². The minimum atomic E-state index is 0.590. The lowest BCUT2D eigenvalue weighted by Crippen LogP contribution is -2.17. The van der Waals surface area contributed by atoms with Crippen LogP contribution in [0.1, 0.15) is 72.1 Å². The quantitative estimate of drug-likeness (QED) is 0.407. The number of rotatable bonds is 11. The molecule has 0 spiro atoms. The molecule has 0 bridgehead atoms. The van der Waals surface area contributed by atoms with Crippen molar-refractivity contribution in [3.63, 3.8) is 0 Å². The van der Waals surface area contributed by atoms with E-state index in [1.165, 1.54) is 51.4 Å². The molecule has 2 nitrogen and oxygen atoms in total. The lowest BCUT2D eigenvalue weighted by atomic mass is 9.94. The first-order valence-corrected chi connectivity index (χ1v) is 7.07. The molecule has 0 aromatic carbocycles. The second-order valence-electron chi connectivity index (χ2n) is 5.35. The van der Waals surface area contributed by atoms with Gasteiger partial charge in [0.25, 0.3) is 0 Å². The zero-order valence-corrected chi connectivity index (χ0v) is 11.5. The molecule has 2 heteroatoms. The first kappa shape index (κ1) is 15.9. The average molecular weight is 229 g/mol. The molecule has 0 aliphatic heterocycles. The van der Waals surface area contributed by atoms with Crippen LogP contribution >= 0.6 is 0 Å². The fraction of sp³-hybridized carbons (Fsp3) is 1.00. The van der Waals surface area contributed by atoms with Crippen LogP contribution in [0.25, 0.3) is 0 Å². The molecule has 2 N–H and O–H groups in total. The van der Waals surface area contributed by atoms with Crippen LogP contribution in [-0.2, 0) is 0 Å². The molecule has 0 saturated carbocycles. The van der Waals surface area contributed by atoms with Crippen LogP contribution in [0.4, 0.5) is 0 Å². The van der Waals surface area contributed by atoms with Crippen molar-refractivity contribution in [2.45, 2.75) is 72.1 Å². The fourth-order valence-corrected chi connectivity index (χ4v) is 2.07. The van der Waals surface area contributed by atoms with Crippen molar-refractivity contribution in [2.75, 3.05) is 6.54 Å². The summed E-state index contributed by atoms with van der Waals surface area (Å²) in [5.74, 6) is 1.44. The molecule has 2 unspecified atom stereocenters. The minimum Gasteiger partial charge on any atom is -0.317 e. The molecule has 0 heterocycles. The van der Waals surface area contributed by atoms with Crippen LogP contribution in [0.15, 0.2) is 0 Å². The van der Waals surface area contributed by atoms with Gasteiger partial charge >= 0.3 is 0 Å². The van der Waals surface area contributed by atoms with E-state index >= 15 is 0 Å². The highest BCUT2D eigenvalue weighted by molar-refractivity contribution is 4.59. The highest BCUT2D eigenvalue weighted by Gasteiger charge is 2.06. The van der Waals surface area contributed by atoms with Crippen molar-refractivity contribution in [1.29, 1.82) is 0 Å². The molecule has 0 saturated heterocycles. The van der Waals surface area contributed by atoms with Crippen molar-refractivity contribution in [1.82, 2.24) is 5.48 Å². The average Bonchev–Trinajstić information content (AvgIpc) is 2.26. The van der Waals surface area contributed by atoms with E-state index < -0.39 is 0 Å². The van der Waals surface area contributed by atoms with Gasteiger partial charge in [-0.2, -0.15) is 0 Å². The van der Waals surface area contributed by atoms with Gasteiger partial charge in [-0.05, 0) is 18.3 Å². The monoisotopic (exact) mass is 229 g/mol. The highest BCUT2D eigenvalue weighted by atomic mass is 16.5. The zero-order chi connectivity index (χ0) is 12.2. The second kappa shape index (κ2) is 11.4. The summed E-state index contributed by atoms with van der Waals surface area (Å²) in [6, 6.07) is 0. The van der Waals surface area contributed by atoms with E-state index in [0.717, 1.165) is 12.5 Å². The molecular formula is C14H31NO. The summed E-state index contributed by atoms with van der Waals surface area (Å²) in [7, 11) is 0. The second-order valence-corrected chi connectivity index (χ2v) is 5.35. The van der Waals surface area contributed by atoms with E-state index in [4.69, 9.17) is 5.21 Å². The maximum atomic E-state index is 8.58. The van der Waals surface area contributed by atoms with Crippen molar-refractivity contribution in [3.05, 3.63) is 0 Å². The van der Waals surface area contributed by atoms with Crippen LogP contribution < -0.4 is 5.48 Å². The number of hydroxylamine groups is 1. The summed E-state index contributed by atoms with van der Waals surface area (Å²) in [5, 5.41) is 8.58. The third kappa shape index (κ3) is 10.4. The lowest BCUT2D eigenvalue weighted by Gasteiger charge is -2.14. The summed E-state index contributed by atoms with van der Waals surface area (Å²) in [4.78, 5) is 0. The minimum absolute atomic E-state index is 0.590. The van der Waals surface area contributed by atoms with E-state index in [1.54, 1.807) is 0 Å². The Morgan fingerprint density at radius 1 is 0.875 bits per heavy atom. The topological polar surface area (TPSA) is 32.3 Å². The summed E-state index contributed by atoms with van der Waals surface area (Å²) < 4.78 is 0. The molecule has 0 rings (SSSR count). The molecule has 2 atom stereocenters. The van der Waals surface area contributed by atoms with Gasteiger partial charge in [-0.3, -0.25) is 0 Å². The molecule has 0 aromatic rings. The van der Waals surface area contributed by atoms with Crippen molar-refractivity contribution < 1.29 is 5.21 Å². The van der Waals surface area contributed by atoms with Crippen molar-refractivity contribution in [2.24, 2.45) is 11.8 Å². The number of hydrogen-bond donors (Lipinski definition) is 2. The van der Waals surface area contributed by atoms with Gasteiger partial charge in [0.2, 0.25) is 0 Å². The molecule has 16 heavy (non-hydrogen) atoms. The Balaban J connectivity index is 3.27. The Kier molecular flexibility index (Phi) is 11.3. The summed E-state index contributed by atoms with van der Waals surface area (Å²) in [6.45, 7) is 7.54. The van der Waals surface area contributed by atoms with E-state index in [9.17, 15) is 0 Å². The van der Waals surface area contributed by atoms with Gasteiger partial charge in [-0.15, -0.1) is 0 Å². The molecule has 0 aromatic heterocycles. The van der Waals surface area contributed by atoms with Crippen LogP contribution in [0.5, 0.6) is 0 Å². The predicted molar refractivity (Wildman–Crippen MR) is 70.7 cm³/mol. The molecule has 0 amide bonds. The van der Waals surface area contributed by atoms with E-state index in [0.29, 0.717) is 5.92 Å². The van der Waals surface area contributed by atoms with E-state index in [1.807, 2.05) is 0 Å². The van der Waals surface area contributed by atoms with Gasteiger partial charge in [0.05, 0.1) is 0 Å². The number of hydrogen-bond acceptors (Lipinski definition) is 2. The van der Waals surface area contributed by atoms with Crippen LogP contribution in [-0.4, -0.2) is 11.8 Å². The van der Waals surface area contributed by atoms with Crippen molar-refractivity contribution in [3.8, 4) is 0 Å². The molecule has 0 aliphatic rings. The first-order chi connectivity index (χ1) is 7.70. The fourth-order valence-electron chi connectivity index (χ4n) is 2.07. The van der Waals surface area contributed by atoms with Gasteiger partial charge in [0, 0.05) is 6.54 Å². The largest absolute Gasteiger partial charge is 0.317 e. The number of nitrogens with one attached hydrogen (secondary N) is 1. The first-order valence-electron chi connectivity index (χ1n) is 7.07. The van der Waals surface area contributed by atoms with Crippen LogP contribution in [0.3, 0.4) is 0 Å². The summed E-state index contributed by atoms with van der Waals surface area (Å²) in [6.07, 6.45) is 10.9. The maximum absolute atomic E-state index is 8.58. The SMILES string of the molecule is CCCCCCCC(C)CCC(C)CNO. The smallest absolute Gasteiger partial charge is 0.0233 e. The zero-order valence-electron chi connectivity index (χ0n) is 11.5. The highest BCUT2D eigenvalue weighted by Crippen LogP contribution is 2.18. The molecule has 0 radical (unpaired) electrons. The Bertz CT molecular complexity index is 139. The number of unbranched alkanes of at least 4 members (excludes halogenated alkanes) is 4. The van der Waals surface area contributed by atoms with E-state index in [2.05, 4.69) is 26.3 Å². The Morgan fingerprint density at radius 3 is 2.12 bits per heavy atom. The van der Waals surface area contributed by atoms with Gasteiger partial charge < -0.3 is 5.21 Å². The predicted octanol–water partition coefficient (Wildman–Crippen LogP) is 4.38.